The second-order valence-corrected chi connectivity index (χ2v) is 5.32. The average Bonchev–Trinajstić information content (AvgIpc) is 2.52. The van der Waals surface area contributed by atoms with E-state index in [0.717, 1.165) is 16.2 Å². The molecule has 22 heavy (non-hydrogen) atoms. The average molecular weight is 320 g/mol. The fourth-order valence-electron chi connectivity index (χ4n) is 1.87. The molecular weight excluding hydrogens is 300 g/mol. The van der Waals surface area contributed by atoms with Gasteiger partial charge in [0.15, 0.2) is 0 Å². The number of nitrogens with two attached hydrogens (primary N) is 1. The van der Waals surface area contributed by atoms with Gasteiger partial charge in [0.2, 0.25) is 0 Å². The Morgan fingerprint density at radius 2 is 1.82 bits per heavy atom. The van der Waals surface area contributed by atoms with Crippen molar-refractivity contribution in [2.75, 3.05) is 13.3 Å². The summed E-state index contributed by atoms with van der Waals surface area (Å²) >= 11 is 1.64. The number of aryl methyl sites for hydroxylation is 2. The standard InChI is InChI=1S/C15H15NO3S.CH5N/c1-10-8-15(11(2)7-14(10)16(17)18)19-12-5-4-6-13(9-12)20-3;1-2/h4-9H,1-3H3;2H2,1H3. The minimum atomic E-state index is -0.375. The van der Waals surface area contributed by atoms with Gasteiger partial charge in [-0.05, 0) is 57.0 Å². The lowest BCUT2D eigenvalue weighted by atomic mass is 10.1. The molecular formula is C16H20N2O3S. The molecule has 6 heteroatoms. The molecule has 5 nitrogen and oxygen atoms in total. The van der Waals surface area contributed by atoms with E-state index in [1.807, 2.05) is 30.5 Å². The van der Waals surface area contributed by atoms with E-state index in [2.05, 4.69) is 5.73 Å². The Morgan fingerprint density at radius 3 is 2.41 bits per heavy atom. The Kier molecular flexibility index (Phi) is 6.88. The van der Waals surface area contributed by atoms with E-state index >= 15 is 0 Å². The molecule has 0 saturated carbocycles. The van der Waals surface area contributed by atoms with Gasteiger partial charge in [0.1, 0.15) is 11.5 Å². The molecule has 0 radical (unpaired) electrons. The molecule has 0 fully saturated rings. The molecule has 2 N–H and O–H groups in total. The Labute approximate surface area is 134 Å². The predicted molar refractivity (Wildman–Crippen MR) is 91.0 cm³/mol. The van der Waals surface area contributed by atoms with Gasteiger partial charge in [0.05, 0.1) is 4.92 Å². The van der Waals surface area contributed by atoms with Gasteiger partial charge in [-0.3, -0.25) is 10.1 Å². The molecule has 0 aliphatic rings. The summed E-state index contributed by atoms with van der Waals surface area (Å²) in [5, 5.41) is 10.9. The van der Waals surface area contributed by atoms with Crippen LogP contribution in [0.4, 0.5) is 5.69 Å². The molecule has 118 valence electrons. The SMILES string of the molecule is CN.CSc1cccc(Oc2cc(C)c([N+](=O)[O-])cc2C)c1. The van der Waals surface area contributed by atoms with Gasteiger partial charge in [-0.2, -0.15) is 0 Å². The van der Waals surface area contributed by atoms with Crippen molar-refractivity contribution in [3.05, 3.63) is 57.6 Å². The third kappa shape index (κ3) is 4.47. The molecule has 2 rings (SSSR count). The summed E-state index contributed by atoms with van der Waals surface area (Å²) in [5.74, 6) is 1.37. The zero-order chi connectivity index (χ0) is 16.7. The van der Waals surface area contributed by atoms with Crippen LogP contribution in [-0.4, -0.2) is 18.2 Å². The summed E-state index contributed by atoms with van der Waals surface area (Å²) in [6.45, 7) is 3.52. The maximum atomic E-state index is 10.9. The smallest absolute Gasteiger partial charge is 0.272 e. The maximum Gasteiger partial charge on any atom is 0.272 e. The number of nitro groups is 1. The Morgan fingerprint density at radius 1 is 1.14 bits per heavy atom. The zero-order valence-electron chi connectivity index (χ0n) is 13.1. The van der Waals surface area contributed by atoms with Crippen molar-refractivity contribution in [2.45, 2.75) is 18.7 Å². The summed E-state index contributed by atoms with van der Waals surface area (Å²) in [5.41, 5.74) is 5.96. The van der Waals surface area contributed by atoms with Crippen molar-refractivity contribution < 1.29 is 9.66 Å². The fourth-order valence-corrected chi connectivity index (χ4v) is 2.32. The second-order valence-electron chi connectivity index (χ2n) is 4.44. The lowest BCUT2D eigenvalue weighted by Gasteiger charge is -2.10. The fraction of sp³-hybridized carbons (Fsp3) is 0.250. The second kappa shape index (κ2) is 8.41. The van der Waals surface area contributed by atoms with E-state index in [-0.39, 0.29) is 10.6 Å². The van der Waals surface area contributed by atoms with Crippen LogP contribution in [0.15, 0.2) is 41.3 Å². The van der Waals surface area contributed by atoms with E-state index in [1.165, 1.54) is 7.05 Å². The number of nitro benzene ring substituents is 1. The number of hydrogen-bond donors (Lipinski definition) is 1. The topological polar surface area (TPSA) is 78.4 Å². The van der Waals surface area contributed by atoms with Crippen LogP contribution in [-0.2, 0) is 0 Å². The third-order valence-electron chi connectivity index (χ3n) is 2.96. The molecule has 0 spiro atoms. The van der Waals surface area contributed by atoms with Crippen molar-refractivity contribution in [3.8, 4) is 11.5 Å². The summed E-state index contributed by atoms with van der Waals surface area (Å²) < 4.78 is 5.83. The van der Waals surface area contributed by atoms with E-state index in [1.54, 1.807) is 37.7 Å². The van der Waals surface area contributed by atoms with Crippen molar-refractivity contribution in [3.63, 3.8) is 0 Å². The normalized spacial score (nSPS) is 9.68. The molecule has 0 aliphatic heterocycles. The third-order valence-corrected chi connectivity index (χ3v) is 3.68. The summed E-state index contributed by atoms with van der Waals surface area (Å²) in [4.78, 5) is 11.6. The Bertz CT molecular complexity index is 660. The van der Waals surface area contributed by atoms with Gasteiger partial charge < -0.3 is 10.5 Å². The number of benzene rings is 2. The van der Waals surface area contributed by atoms with E-state index < -0.39 is 0 Å². The highest BCUT2D eigenvalue weighted by Gasteiger charge is 2.14. The van der Waals surface area contributed by atoms with E-state index in [9.17, 15) is 10.1 Å². The first kappa shape index (κ1) is 18.0. The van der Waals surface area contributed by atoms with Gasteiger partial charge >= 0.3 is 0 Å². The van der Waals surface area contributed by atoms with Crippen LogP contribution in [0.5, 0.6) is 11.5 Å². The Balaban J connectivity index is 0.00000116. The van der Waals surface area contributed by atoms with Crippen molar-refractivity contribution in [1.29, 1.82) is 0 Å². The minimum Gasteiger partial charge on any atom is -0.457 e. The highest BCUT2D eigenvalue weighted by Crippen LogP contribution is 2.32. The lowest BCUT2D eigenvalue weighted by molar-refractivity contribution is -0.385. The van der Waals surface area contributed by atoms with E-state index in [4.69, 9.17) is 4.74 Å². The van der Waals surface area contributed by atoms with Crippen molar-refractivity contribution in [2.24, 2.45) is 5.73 Å². The van der Waals surface area contributed by atoms with Crippen LogP contribution in [0, 0.1) is 24.0 Å². The number of hydrogen-bond acceptors (Lipinski definition) is 5. The molecule has 0 unspecified atom stereocenters. The highest BCUT2D eigenvalue weighted by molar-refractivity contribution is 7.98. The quantitative estimate of drug-likeness (QED) is 0.516. The Hall–Kier alpha value is -2.05. The first-order valence-corrected chi connectivity index (χ1v) is 7.89. The summed E-state index contributed by atoms with van der Waals surface area (Å²) in [7, 11) is 1.50. The number of ether oxygens (including phenoxy) is 1. The summed E-state index contributed by atoms with van der Waals surface area (Å²) in [6.07, 6.45) is 2.00. The summed E-state index contributed by atoms with van der Waals surface area (Å²) in [6, 6.07) is 11.0. The highest BCUT2D eigenvalue weighted by atomic mass is 32.2. The molecule has 0 saturated heterocycles. The molecule has 0 heterocycles. The van der Waals surface area contributed by atoms with Gasteiger partial charge in [0, 0.05) is 16.5 Å². The van der Waals surface area contributed by atoms with Crippen molar-refractivity contribution >= 4 is 17.4 Å². The maximum absolute atomic E-state index is 10.9. The molecule has 0 aromatic heterocycles. The molecule has 0 atom stereocenters. The van der Waals surface area contributed by atoms with Crippen molar-refractivity contribution in [1.82, 2.24) is 0 Å². The van der Waals surface area contributed by atoms with Gasteiger partial charge in [-0.1, -0.05) is 6.07 Å². The minimum absolute atomic E-state index is 0.118. The first-order valence-electron chi connectivity index (χ1n) is 6.66. The van der Waals surface area contributed by atoms with Crippen LogP contribution in [0.3, 0.4) is 0 Å². The molecule has 2 aromatic rings. The zero-order valence-corrected chi connectivity index (χ0v) is 13.9. The first-order chi connectivity index (χ1) is 10.5. The number of rotatable bonds is 4. The van der Waals surface area contributed by atoms with Gasteiger partial charge in [-0.25, -0.2) is 0 Å². The van der Waals surface area contributed by atoms with Gasteiger partial charge in [0.25, 0.3) is 5.69 Å². The molecule has 0 aliphatic carbocycles. The van der Waals surface area contributed by atoms with Crippen LogP contribution >= 0.6 is 11.8 Å². The predicted octanol–water partition coefficient (Wildman–Crippen LogP) is 4.30. The van der Waals surface area contributed by atoms with E-state index in [0.29, 0.717) is 11.3 Å². The van der Waals surface area contributed by atoms with Crippen LogP contribution in [0.1, 0.15) is 11.1 Å². The van der Waals surface area contributed by atoms with Crippen LogP contribution < -0.4 is 10.5 Å². The number of nitrogens with zero attached hydrogens (tertiary/aromatic N) is 1. The molecule has 2 aromatic carbocycles. The monoisotopic (exact) mass is 320 g/mol. The largest absolute Gasteiger partial charge is 0.457 e. The molecule has 0 amide bonds. The van der Waals surface area contributed by atoms with Crippen LogP contribution in [0.2, 0.25) is 0 Å². The number of thioether (sulfide) groups is 1. The van der Waals surface area contributed by atoms with Gasteiger partial charge in [-0.15, -0.1) is 11.8 Å². The van der Waals surface area contributed by atoms with Crippen LogP contribution in [0.25, 0.3) is 0 Å². The molecule has 0 bridgehead atoms. The lowest BCUT2D eigenvalue weighted by Crippen LogP contribution is -1.95.